The molecule has 1 amide bonds. The van der Waals surface area contributed by atoms with E-state index in [-0.39, 0.29) is 18.3 Å². The number of amides is 1. The zero-order chi connectivity index (χ0) is 23.4. The number of aliphatic hydroxyl groups is 1. The highest BCUT2D eigenvalue weighted by Crippen LogP contribution is 2.45. The van der Waals surface area contributed by atoms with E-state index in [0.717, 1.165) is 12.0 Å². The first-order chi connectivity index (χ1) is 16.1. The number of aliphatic hydroxyl groups excluding tert-OH is 1. The number of aromatic amines is 1. The Labute approximate surface area is 192 Å². The second kappa shape index (κ2) is 9.95. The summed E-state index contributed by atoms with van der Waals surface area (Å²) in [5, 5.41) is 27.1. The van der Waals surface area contributed by atoms with Crippen molar-refractivity contribution < 1.29 is 24.5 Å². The average Bonchev–Trinajstić information content (AvgIpc) is 3.36. The van der Waals surface area contributed by atoms with Gasteiger partial charge < -0.3 is 24.6 Å². The van der Waals surface area contributed by atoms with Gasteiger partial charge in [0, 0.05) is 24.3 Å². The normalized spacial score (nSPS) is 15.1. The Hall–Kier alpha value is -3.52. The number of rotatable bonds is 10. The minimum Gasteiger partial charge on any atom is -0.507 e. The highest BCUT2D eigenvalue weighted by atomic mass is 16.5. The van der Waals surface area contributed by atoms with Gasteiger partial charge in [-0.05, 0) is 49.6 Å². The van der Waals surface area contributed by atoms with Gasteiger partial charge >= 0.3 is 0 Å². The largest absolute Gasteiger partial charge is 0.507 e. The van der Waals surface area contributed by atoms with Gasteiger partial charge in [-0.2, -0.15) is 5.10 Å². The van der Waals surface area contributed by atoms with E-state index in [1.54, 1.807) is 23.1 Å². The molecule has 1 atom stereocenters. The molecule has 1 aromatic heterocycles. The van der Waals surface area contributed by atoms with Crippen molar-refractivity contribution in [2.24, 2.45) is 0 Å². The molecule has 4 rings (SSSR count). The molecule has 0 unspecified atom stereocenters. The predicted octanol–water partition coefficient (Wildman–Crippen LogP) is 3.90. The van der Waals surface area contributed by atoms with Crippen LogP contribution in [0.5, 0.6) is 17.2 Å². The van der Waals surface area contributed by atoms with E-state index in [9.17, 15) is 15.0 Å². The van der Waals surface area contributed by atoms with Gasteiger partial charge in [-0.15, -0.1) is 0 Å². The topological polar surface area (TPSA) is 108 Å². The Morgan fingerprint density at radius 3 is 2.67 bits per heavy atom. The van der Waals surface area contributed by atoms with Crippen LogP contribution in [0.25, 0.3) is 11.3 Å². The SMILES string of the molecule is CCCOc1ccc([C@H]2c3c(-c4ccccc4O)n[nH]c3C(=O)N2CCCO)cc1OCC. The number of hydrogen-bond donors (Lipinski definition) is 3. The summed E-state index contributed by atoms with van der Waals surface area (Å²) < 4.78 is 11.7. The van der Waals surface area contributed by atoms with Crippen LogP contribution in [0.2, 0.25) is 0 Å². The van der Waals surface area contributed by atoms with Crippen LogP contribution >= 0.6 is 0 Å². The number of hydrogen-bond acceptors (Lipinski definition) is 6. The van der Waals surface area contributed by atoms with E-state index < -0.39 is 6.04 Å². The maximum Gasteiger partial charge on any atom is 0.273 e. The summed E-state index contributed by atoms with van der Waals surface area (Å²) in [5.41, 5.74) is 3.00. The molecule has 8 heteroatoms. The number of phenolic OH excluding ortho intramolecular Hbond substituents is 1. The maximum absolute atomic E-state index is 13.3. The minimum absolute atomic E-state index is 0.0248. The van der Waals surface area contributed by atoms with Crippen LogP contribution in [0.3, 0.4) is 0 Å². The number of H-pyrrole nitrogens is 1. The molecule has 3 aromatic rings. The monoisotopic (exact) mass is 451 g/mol. The van der Waals surface area contributed by atoms with E-state index in [2.05, 4.69) is 10.2 Å². The van der Waals surface area contributed by atoms with Gasteiger partial charge in [-0.25, -0.2) is 0 Å². The number of fused-ring (bicyclic) bond motifs is 1. The van der Waals surface area contributed by atoms with Crippen molar-refractivity contribution in [3.8, 4) is 28.5 Å². The molecule has 0 fully saturated rings. The quantitative estimate of drug-likeness (QED) is 0.432. The Morgan fingerprint density at radius 2 is 1.94 bits per heavy atom. The highest BCUT2D eigenvalue weighted by molar-refractivity contribution is 6.00. The van der Waals surface area contributed by atoms with Crippen LogP contribution in [-0.4, -0.2) is 57.6 Å². The van der Waals surface area contributed by atoms with Crippen molar-refractivity contribution in [2.45, 2.75) is 32.7 Å². The average molecular weight is 452 g/mol. The van der Waals surface area contributed by atoms with Crippen LogP contribution < -0.4 is 9.47 Å². The molecule has 1 aliphatic rings. The number of nitrogens with zero attached hydrogens (tertiary/aromatic N) is 2. The Balaban J connectivity index is 1.84. The van der Waals surface area contributed by atoms with Crippen molar-refractivity contribution in [1.29, 1.82) is 0 Å². The van der Waals surface area contributed by atoms with Gasteiger partial charge in [0.05, 0.1) is 19.3 Å². The molecule has 0 saturated carbocycles. The Bertz CT molecular complexity index is 1130. The first-order valence-corrected chi connectivity index (χ1v) is 11.3. The number of para-hydroxylation sites is 1. The number of benzene rings is 2. The summed E-state index contributed by atoms with van der Waals surface area (Å²) in [6, 6.07) is 12.2. The van der Waals surface area contributed by atoms with Gasteiger partial charge in [0.15, 0.2) is 11.5 Å². The van der Waals surface area contributed by atoms with E-state index >= 15 is 0 Å². The second-order valence-corrected chi connectivity index (χ2v) is 7.84. The summed E-state index contributed by atoms with van der Waals surface area (Å²) in [6.07, 6.45) is 1.32. The molecular weight excluding hydrogens is 422 g/mol. The fourth-order valence-electron chi connectivity index (χ4n) is 4.19. The first kappa shape index (κ1) is 22.7. The summed E-state index contributed by atoms with van der Waals surface area (Å²) in [5.74, 6) is 1.16. The van der Waals surface area contributed by atoms with E-state index in [1.165, 1.54) is 0 Å². The molecular formula is C25H29N3O5. The van der Waals surface area contributed by atoms with Crippen molar-refractivity contribution in [3.63, 3.8) is 0 Å². The van der Waals surface area contributed by atoms with Gasteiger partial charge in [0.25, 0.3) is 5.91 Å². The lowest BCUT2D eigenvalue weighted by Gasteiger charge is -2.27. The summed E-state index contributed by atoms with van der Waals surface area (Å²) in [7, 11) is 0. The van der Waals surface area contributed by atoms with E-state index in [1.807, 2.05) is 38.1 Å². The molecule has 0 aliphatic carbocycles. The third-order valence-electron chi connectivity index (χ3n) is 5.63. The number of aromatic nitrogens is 2. The first-order valence-electron chi connectivity index (χ1n) is 11.3. The highest BCUT2D eigenvalue weighted by Gasteiger charge is 2.42. The van der Waals surface area contributed by atoms with Crippen molar-refractivity contribution in [1.82, 2.24) is 15.1 Å². The summed E-state index contributed by atoms with van der Waals surface area (Å²) >= 11 is 0. The lowest BCUT2D eigenvalue weighted by atomic mass is 9.95. The number of ether oxygens (including phenoxy) is 2. The number of carbonyl (C=O) groups is 1. The van der Waals surface area contributed by atoms with Crippen molar-refractivity contribution in [3.05, 3.63) is 59.3 Å². The molecule has 33 heavy (non-hydrogen) atoms. The summed E-state index contributed by atoms with van der Waals surface area (Å²) in [6.45, 7) is 5.35. The smallest absolute Gasteiger partial charge is 0.273 e. The standard InChI is InChI=1S/C25H29N3O5/c1-3-14-33-19-11-10-16(15-20(19)32-4-2)24-21-22(17-8-5-6-9-18(17)30)26-27-23(21)25(31)28(24)12-7-13-29/h5-6,8-11,15,24,29-30H,3-4,7,12-14H2,1-2H3,(H,26,27)/t24-/m0/s1. The molecule has 0 saturated heterocycles. The van der Waals surface area contributed by atoms with E-state index in [4.69, 9.17) is 9.47 Å². The third kappa shape index (κ3) is 4.26. The lowest BCUT2D eigenvalue weighted by Crippen LogP contribution is -2.31. The molecule has 0 radical (unpaired) electrons. The number of aromatic hydroxyl groups is 1. The molecule has 2 aromatic carbocycles. The van der Waals surface area contributed by atoms with E-state index in [0.29, 0.717) is 60.2 Å². The van der Waals surface area contributed by atoms with Gasteiger partial charge in [0.1, 0.15) is 17.1 Å². The van der Waals surface area contributed by atoms with Gasteiger partial charge in [0.2, 0.25) is 0 Å². The number of phenols is 1. The maximum atomic E-state index is 13.3. The molecule has 3 N–H and O–H groups in total. The lowest BCUT2D eigenvalue weighted by molar-refractivity contribution is 0.0732. The van der Waals surface area contributed by atoms with Crippen LogP contribution in [0, 0.1) is 0 Å². The van der Waals surface area contributed by atoms with Gasteiger partial charge in [-0.3, -0.25) is 9.89 Å². The third-order valence-corrected chi connectivity index (χ3v) is 5.63. The van der Waals surface area contributed by atoms with Crippen LogP contribution in [0.15, 0.2) is 42.5 Å². The van der Waals surface area contributed by atoms with Gasteiger partial charge in [-0.1, -0.05) is 25.1 Å². The molecule has 174 valence electrons. The Morgan fingerprint density at radius 1 is 1.12 bits per heavy atom. The van der Waals surface area contributed by atoms with Crippen LogP contribution in [0.4, 0.5) is 0 Å². The number of nitrogens with one attached hydrogen (secondary N) is 1. The second-order valence-electron chi connectivity index (χ2n) is 7.84. The zero-order valence-corrected chi connectivity index (χ0v) is 18.9. The van der Waals surface area contributed by atoms with Crippen LogP contribution in [0.1, 0.15) is 54.3 Å². The molecule has 0 spiro atoms. The molecule has 8 nitrogen and oxygen atoms in total. The van der Waals surface area contributed by atoms with Crippen molar-refractivity contribution >= 4 is 5.91 Å². The molecule has 1 aliphatic heterocycles. The molecule has 0 bridgehead atoms. The molecule has 2 heterocycles. The Kier molecular flexibility index (Phi) is 6.84. The fourth-order valence-corrected chi connectivity index (χ4v) is 4.19. The minimum atomic E-state index is -0.452. The zero-order valence-electron chi connectivity index (χ0n) is 18.9. The summed E-state index contributed by atoms with van der Waals surface area (Å²) in [4.78, 5) is 15.0. The predicted molar refractivity (Wildman–Crippen MR) is 124 cm³/mol. The number of carbonyl (C=O) groups excluding carboxylic acids is 1. The van der Waals surface area contributed by atoms with Crippen LogP contribution in [-0.2, 0) is 0 Å². The fraction of sp³-hybridized carbons (Fsp3) is 0.360. The van der Waals surface area contributed by atoms with Crippen molar-refractivity contribution in [2.75, 3.05) is 26.4 Å².